The normalized spacial score (nSPS) is 14.0. The fraction of sp³-hybridized carbons (Fsp3) is 0.176. The molecule has 2 aromatic heterocycles. The van der Waals surface area contributed by atoms with Gasteiger partial charge in [0.25, 0.3) is 0 Å². The Morgan fingerprint density at radius 1 is 1.10 bits per heavy atom. The molecule has 0 amide bonds. The molecule has 3 aromatic rings. The summed E-state index contributed by atoms with van der Waals surface area (Å²) in [7, 11) is 0. The van der Waals surface area contributed by atoms with E-state index < -0.39 is 11.4 Å². The van der Waals surface area contributed by atoms with E-state index in [2.05, 4.69) is 9.97 Å². The molecule has 21 heavy (non-hydrogen) atoms. The number of benzene rings is 1. The molecule has 1 N–H and O–H groups in total. The van der Waals surface area contributed by atoms with Gasteiger partial charge in [0, 0.05) is 18.0 Å². The Balaban J connectivity index is 1.99. The highest BCUT2D eigenvalue weighted by atomic mass is 19.1. The summed E-state index contributed by atoms with van der Waals surface area (Å²) in [5.74, 6) is -0.413. The monoisotopic (exact) mass is 282 g/mol. The number of nitrogens with zero attached hydrogens (tertiary/aromatic N) is 2. The highest BCUT2D eigenvalue weighted by molar-refractivity contribution is 5.81. The number of rotatable bonds is 3. The molecule has 1 atom stereocenters. The third-order valence-electron chi connectivity index (χ3n) is 3.55. The van der Waals surface area contributed by atoms with Gasteiger partial charge in [0.05, 0.1) is 17.4 Å². The van der Waals surface area contributed by atoms with Crippen LogP contribution in [0.5, 0.6) is 0 Å². The lowest BCUT2D eigenvalue weighted by Crippen LogP contribution is -2.25. The first kappa shape index (κ1) is 13.6. The van der Waals surface area contributed by atoms with Gasteiger partial charge in [-0.15, -0.1) is 0 Å². The minimum Gasteiger partial charge on any atom is -0.383 e. The van der Waals surface area contributed by atoms with Crippen LogP contribution >= 0.6 is 0 Å². The predicted octanol–water partition coefficient (Wildman–Crippen LogP) is 3.22. The van der Waals surface area contributed by atoms with Gasteiger partial charge in [0.2, 0.25) is 0 Å². The van der Waals surface area contributed by atoms with E-state index in [0.29, 0.717) is 12.1 Å². The molecule has 0 fully saturated rings. The van der Waals surface area contributed by atoms with Gasteiger partial charge in [-0.2, -0.15) is 0 Å². The first-order valence-electron chi connectivity index (χ1n) is 6.73. The predicted molar refractivity (Wildman–Crippen MR) is 79.2 cm³/mol. The maximum atomic E-state index is 13.0. The Bertz CT molecular complexity index is 764. The summed E-state index contributed by atoms with van der Waals surface area (Å²) in [4.78, 5) is 8.29. The van der Waals surface area contributed by atoms with Crippen molar-refractivity contribution in [2.45, 2.75) is 18.9 Å². The Kier molecular flexibility index (Phi) is 3.39. The van der Waals surface area contributed by atoms with Gasteiger partial charge in [0.1, 0.15) is 11.4 Å². The van der Waals surface area contributed by atoms with Crippen LogP contribution in [0.3, 0.4) is 0 Å². The SMILES string of the molecule is CC(O)(Cc1ccnc2ccccc12)c1ccc(F)cn1. The molecule has 0 aliphatic carbocycles. The van der Waals surface area contributed by atoms with E-state index in [4.69, 9.17) is 0 Å². The quantitative estimate of drug-likeness (QED) is 0.802. The van der Waals surface area contributed by atoms with E-state index in [9.17, 15) is 9.50 Å². The van der Waals surface area contributed by atoms with E-state index >= 15 is 0 Å². The van der Waals surface area contributed by atoms with Crippen molar-refractivity contribution >= 4 is 10.9 Å². The summed E-state index contributed by atoms with van der Waals surface area (Å²) in [5, 5.41) is 11.7. The van der Waals surface area contributed by atoms with E-state index in [1.807, 2.05) is 30.3 Å². The number of fused-ring (bicyclic) bond motifs is 1. The van der Waals surface area contributed by atoms with Crippen molar-refractivity contribution < 1.29 is 9.50 Å². The van der Waals surface area contributed by atoms with Crippen LogP contribution in [-0.2, 0) is 12.0 Å². The molecule has 1 unspecified atom stereocenters. The third kappa shape index (κ3) is 2.76. The molecule has 2 heterocycles. The van der Waals surface area contributed by atoms with Crippen LogP contribution in [0.4, 0.5) is 4.39 Å². The molecule has 0 saturated carbocycles. The standard InChI is InChI=1S/C17H15FN2O/c1-17(21,16-7-6-13(18)11-20-16)10-12-8-9-19-15-5-3-2-4-14(12)15/h2-9,11,21H,10H2,1H3. The third-order valence-corrected chi connectivity index (χ3v) is 3.55. The van der Waals surface area contributed by atoms with Gasteiger partial charge in [-0.25, -0.2) is 4.39 Å². The largest absolute Gasteiger partial charge is 0.383 e. The van der Waals surface area contributed by atoms with Crippen LogP contribution in [0, 0.1) is 5.82 Å². The molecule has 0 bridgehead atoms. The summed E-state index contributed by atoms with van der Waals surface area (Å²) in [6.07, 6.45) is 3.23. The molecule has 106 valence electrons. The molecule has 0 aliphatic rings. The van der Waals surface area contributed by atoms with E-state index in [0.717, 1.165) is 22.7 Å². The Hall–Kier alpha value is -2.33. The van der Waals surface area contributed by atoms with Crippen molar-refractivity contribution in [2.24, 2.45) is 0 Å². The summed E-state index contributed by atoms with van der Waals surface area (Å²) < 4.78 is 13.0. The highest BCUT2D eigenvalue weighted by Gasteiger charge is 2.26. The molecule has 0 radical (unpaired) electrons. The van der Waals surface area contributed by atoms with E-state index in [-0.39, 0.29) is 0 Å². The second kappa shape index (κ2) is 5.22. The van der Waals surface area contributed by atoms with Crippen molar-refractivity contribution in [3.63, 3.8) is 0 Å². The lowest BCUT2D eigenvalue weighted by molar-refractivity contribution is 0.0532. The summed E-state index contributed by atoms with van der Waals surface area (Å²) in [5.41, 5.74) is 1.15. The zero-order valence-corrected chi connectivity index (χ0v) is 11.6. The topological polar surface area (TPSA) is 46.0 Å². The molecule has 1 aromatic carbocycles. The summed E-state index contributed by atoms with van der Waals surface area (Å²) >= 11 is 0. The average molecular weight is 282 g/mol. The molecule has 4 heteroatoms. The molecule has 0 saturated heterocycles. The first-order valence-corrected chi connectivity index (χ1v) is 6.73. The maximum Gasteiger partial charge on any atom is 0.141 e. The number of aromatic nitrogens is 2. The van der Waals surface area contributed by atoms with E-state index in [1.54, 1.807) is 13.1 Å². The molecule has 3 nitrogen and oxygen atoms in total. The van der Waals surface area contributed by atoms with Gasteiger partial charge in [-0.1, -0.05) is 18.2 Å². The van der Waals surface area contributed by atoms with Crippen LogP contribution in [0.25, 0.3) is 10.9 Å². The van der Waals surface area contributed by atoms with Crippen molar-refractivity contribution in [1.82, 2.24) is 9.97 Å². The second-order valence-corrected chi connectivity index (χ2v) is 5.30. The Morgan fingerprint density at radius 2 is 1.90 bits per heavy atom. The van der Waals surface area contributed by atoms with Gasteiger partial charge in [-0.05, 0) is 36.8 Å². The average Bonchev–Trinajstić information content (AvgIpc) is 2.48. The minimum absolute atomic E-state index is 0.384. The lowest BCUT2D eigenvalue weighted by Gasteiger charge is -2.23. The minimum atomic E-state index is -1.17. The van der Waals surface area contributed by atoms with Crippen molar-refractivity contribution in [2.75, 3.05) is 0 Å². The van der Waals surface area contributed by atoms with Gasteiger partial charge in [-0.3, -0.25) is 9.97 Å². The smallest absolute Gasteiger partial charge is 0.141 e. The summed E-state index contributed by atoms with van der Waals surface area (Å²) in [6, 6.07) is 12.5. The van der Waals surface area contributed by atoms with Crippen molar-refractivity contribution in [3.05, 3.63) is 71.9 Å². The molecule has 3 rings (SSSR count). The fourth-order valence-electron chi connectivity index (χ4n) is 2.47. The summed E-state index contributed by atoms with van der Waals surface area (Å²) in [6.45, 7) is 1.68. The van der Waals surface area contributed by atoms with Crippen LogP contribution < -0.4 is 0 Å². The lowest BCUT2D eigenvalue weighted by atomic mass is 9.91. The maximum absolute atomic E-state index is 13.0. The number of para-hydroxylation sites is 1. The molecule has 0 aliphatic heterocycles. The zero-order chi connectivity index (χ0) is 14.9. The Morgan fingerprint density at radius 3 is 2.67 bits per heavy atom. The van der Waals surface area contributed by atoms with Crippen LogP contribution in [0.2, 0.25) is 0 Å². The molecular weight excluding hydrogens is 267 g/mol. The van der Waals surface area contributed by atoms with E-state index in [1.165, 1.54) is 12.1 Å². The number of aliphatic hydroxyl groups is 1. The van der Waals surface area contributed by atoms with Crippen LogP contribution in [0.1, 0.15) is 18.2 Å². The molecule has 0 spiro atoms. The number of hydrogen-bond donors (Lipinski definition) is 1. The van der Waals surface area contributed by atoms with Crippen molar-refractivity contribution in [3.8, 4) is 0 Å². The number of hydrogen-bond acceptors (Lipinski definition) is 3. The van der Waals surface area contributed by atoms with Gasteiger partial charge < -0.3 is 5.11 Å². The van der Waals surface area contributed by atoms with Crippen LogP contribution in [-0.4, -0.2) is 15.1 Å². The fourth-order valence-corrected chi connectivity index (χ4v) is 2.47. The van der Waals surface area contributed by atoms with Gasteiger partial charge >= 0.3 is 0 Å². The van der Waals surface area contributed by atoms with Crippen LogP contribution in [0.15, 0.2) is 54.9 Å². The first-order chi connectivity index (χ1) is 10.1. The number of halogens is 1. The second-order valence-electron chi connectivity index (χ2n) is 5.30. The number of pyridine rings is 2. The Labute approximate surface area is 122 Å². The highest BCUT2D eigenvalue weighted by Crippen LogP contribution is 2.27. The van der Waals surface area contributed by atoms with Crippen molar-refractivity contribution in [1.29, 1.82) is 0 Å². The van der Waals surface area contributed by atoms with Gasteiger partial charge in [0.15, 0.2) is 0 Å². The zero-order valence-electron chi connectivity index (χ0n) is 11.6. The molecular formula is C17H15FN2O.